The average molecular weight is 342 g/mol. The molecule has 0 atom stereocenters. The van der Waals surface area contributed by atoms with E-state index in [4.69, 9.17) is 0 Å². The van der Waals surface area contributed by atoms with Crippen LogP contribution < -0.4 is 5.56 Å². The Morgan fingerprint density at radius 3 is 2.83 bits per heavy atom. The lowest BCUT2D eigenvalue weighted by Crippen LogP contribution is -2.36. The van der Waals surface area contributed by atoms with Gasteiger partial charge in [0.15, 0.2) is 5.78 Å². The number of aromatic nitrogens is 1. The fraction of sp³-hybridized carbons (Fsp3) is 0.389. The number of rotatable bonds is 4. The Balaban J connectivity index is 1.68. The van der Waals surface area contributed by atoms with Crippen LogP contribution in [0.25, 0.3) is 0 Å². The Morgan fingerprint density at radius 2 is 2.12 bits per heavy atom. The van der Waals surface area contributed by atoms with E-state index in [1.165, 1.54) is 6.07 Å². The number of Topliss-reactive ketones (excluding diaryl/α,β-unsaturated/α-hetero) is 1. The third kappa shape index (κ3) is 2.82. The molecule has 2 aromatic heterocycles. The zero-order chi connectivity index (χ0) is 16.7. The van der Waals surface area contributed by atoms with Gasteiger partial charge in [0, 0.05) is 28.6 Å². The number of fused-ring (bicyclic) bond motifs is 1. The van der Waals surface area contributed by atoms with Crippen LogP contribution in [0.15, 0.2) is 28.4 Å². The number of aryl methyl sites for hydroxylation is 1. The van der Waals surface area contributed by atoms with Gasteiger partial charge in [0.05, 0.1) is 6.54 Å². The standard InChI is InChI=1S/C18H18N2O3S/c21-16-5-1-4-15-13(16)9-14(17(22)19-15)18(23)20(11-6-7-11)10-12-3-2-8-24-12/h2-3,8-9,11H,1,4-7,10H2,(H,19,22). The van der Waals surface area contributed by atoms with Gasteiger partial charge in [0.2, 0.25) is 0 Å². The number of aromatic amines is 1. The first-order valence-corrected chi connectivity index (χ1v) is 9.14. The van der Waals surface area contributed by atoms with Crippen LogP contribution in [0.4, 0.5) is 0 Å². The summed E-state index contributed by atoms with van der Waals surface area (Å²) in [5.41, 5.74) is 0.887. The van der Waals surface area contributed by atoms with E-state index in [2.05, 4.69) is 4.98 Å². The predicted octanol–water partition coefficient (Wildman–Crippen LogP) is 2.76. The molecule has 0 saturated heterocycles. The van der Waals surface area contributed by atoms with Crippen molar-refractivity contribution in [3.63, 3.8) is 0 Å². The molecule has 4 rings (SSSR count). The monoisotopic (exact) mass is 342 g/mol. The maximum Gasteiger partial charge on any atom is 0.261 e. The summed E-state index contributed by atoms with van der Waals surface area (Å²) in [5.74, 6) is -0.258. The number of H-pyrrole nitrogens is 1. The van der Waals surface area contributed by atoms with Crippen molar-refractivity contribution in [1.29, 1.82) is 0 Å². The lowest BCUT2D eigenvalue weighted by Gasteiger charge is -2.22. The Bertz CT molecular complexity index is 850. The zero-order valence-corrected chi connectivity index (χ0v) is 14.0. The average Bonchev–Trinajstić information content (AvgIpc) is 3.28. The predicted molar refractivity (Wildman–Crippen MR) is 91.5 cm³/mol. The molecule has 1 fully saturated rings. The molecule has 124 valence electrons. The van der Waals surface area contributed by atoms with Crippen LogP contribution >= 0.6 is 11.3 Å². The molecule has 2 aliphatic carbocycles. The molecule has 2 aromatic rings. The summed E-state index contributed by atoms with van der Waals surface area (Å²) >= 11 is 1.60. The minimum Gasteiger partial charge on any atom is -0.330 e. The Hall–Kier alpha value is -2.21. The van der Waals surface area contributed by atoms with Crippen molar-refractivity contribution in [2.24, 2.45) is 0 Å². The number of thiophene rings is 1. The molecule has 1 amide bonds. The van der Waals surface area contributed by atoms with Gasteiger partial charge in [-0.05, 0) is 43.2 Å². The van der Waals surface area contributed by atoms with Gasteiger partial charge in [-0.25, -0.2) is 0 Å². The number of hydrogen-bond acceptors (Lipinski definition) is 4. The molecule has 1 N–H and O–H groups in total. The first kappa shape index (κ1) is 15.3. The summed E-state index contributed by atoms with van der Waals surface area (Å²) in [7, 11) is 0. The first-order valence-electron chi connectivity index (χ1n) is 8.26. The molecule has 5 nitrogen and oxygen atoms in total. The van der Waals surface area contributed by atoms with E-state index in [0.717, 1.165) is 24.1 Å². The number of amides is 1. The topological polar surface area (TPSA) is 70.2 Å². The fourth-order valence-corrected chi connectivity index (χ4v) is 3.91. The molecular weight excluding hydrogens is 324 g/mol. The van der Waals surface area contributed by atoms with E-state index < -0.39 is 0 Å². The van der Waals surface area contributed by atoms with Gasteiger partial charge >= 0.3 is 0 Å². The molecule has 1 saturated carbocycles. The second-order valence-corrected chi connectivity index (χ2v) is 7.46. The van der Waals surface area contributed by atoms with Crippen molar-refractivity contribution in [2.45, 2.75) is 44.7 Å². The molecule has 0 radical (unpaired) electrons. The maximum absolute atomic E-state index is 13.0. The largest absolute Gasteiger partial charge is 0.330 e. The van der Waals surface area contributed by atoms with Crippen molar-refractivity contribution in [2.75, 3.05) is 0 Å². The van der Waals surface area contributed by atoms with E-state index in [0.29, 0.717) is 30.6 Å². The van der Waals surface area contributed by atoms with E-state index >= 15 is 0 Å². The lowest BCUT2D eigenvalue weighted by atomic mass is 9.93. The van der Waals surface area contributed by atoms with E-state index in [9.17, 15) is 14.4 Å². The third-order valence-electron chi connectivity index (χ3n) is 4.64. The lowest BCUT2D eigenvalue weighted by molar-refractivity contribution is 0.0730. The molecule has 24 heavy (non-hydrogen) atoms. The van der Waals surface area contributed by atoms with Crippen LogP contribution in [0, 0.1) is 0 Å². The quantitative estimate of drug-likeness (QED) is 0.929. The molecule has 0 aromatic carbocycles. The Morgan fingerprint density at radius 1 is 1.29 bits per heavy atom. The molecule has 2 aliphatic rings. The van der Waals surface area contributed by atoms with Crippen molar-refractivity contribution in [3.8, 4) is 0 Å². The van der Waals surface area contributed by atoms with Gasteiger partial charge in [-0.1, -0.05) is 6.07 Å². The van der Waals surface area contributed by atoms with Crippen LogP contribution in [0.5, 0.6) is 0 Å². The van der Waals surface area contributed by atoms with Gasteiger partial charge in [-0.15, -0.1) is 11.3 Å². The molecule has 6 heteroatoms. The maximum atomic E-state index is 13.0. The number of carbonyl (C=O) groups excluding carboxylic acids is 2. The second kappa shape index (κ2) is 6.02. The van der Waals surface area contributed by atoms with Crippen LogP contribution in [-0.2, 0) is 13.0 Å². The molecule has 0 bridgehead atoms. The molecule has 0 aliphatic heterocycles. The summed E-state index contributed by atoms with van der Waals surface area (Å²) in [6.45, 7) is 0.519. The highest BCUT2D eigenvalue weighted by atomic mass is 32.1. The first-order chi connectivity index (χ1) is 11.6. The third-order valence-corrected chi connectivity index (χ3v) is 5.50. The van der Waals surface area contributed by atoms with E-state index in [-0.39, 0.29) is 28.9 Å². The number of pyridine rings is 1. The van der Waals surface area contributed by atoms with Gasteiger partial charge < -0.3 is 9.88 Å². The molecule has 2 heterocycles. The fourth-order valence-electron chi connectivity index (χ4n) is 3.21. The summed E-state index contributed by atoms with van der Waals surface area (Å²) in [5, 5.41) is 1.98. The van der Waals surface area contributed by atoms with E-state index in [1.54, 1.807) is 16.2 Å². The molecule has 0 spiro atoms. The Kier molecular flexibility index (Phi) is 3.84. The van der Waals surface area contributed by atoms with Gasteiger partial charge in [0.25, 0.3) is 11.5 Å². The highest BCUT2D eigenvalue weighted by Gasteiger charge is 2.35. The number of hydrogen-bond donors (Lipinski definition) is 1. The van der Waals surface area contributed by atoms with Crippen molar-refractivity contribution in [3.05, 3.63) is 55.6 Å². The normalized spacial score (nSPS) is 16.8. The highest BCUT2D eigenvalue weighted by Crippen LogP contribution is 2.30. The summed E-state index contributed by atoms with van der Waals surface area (Å²) < 4.78 is 0. The number of nitrogens with zero attached hydrogens (tertiary/aromatic N) is 1. The minimum absolute atomic E-state index is 0.0118. The summed E-state index contributed by atoms with van der Waals surface area (Å²) in [4.78, 5) is 43.1. The summed E-state index contributed by atoms with van der Waals surface area (Å²) in [6, 6.07) is 5.67. The highest BCUT2D eigenvalue weighted by molar-refractivity contribution is 7.09. The number of carbonyl (C=O) groups is 2. The van der Waals surface area contributed by atoms with Gasteiger partial charge in [0.1, 0.15) is 5.56 Å². The number of nitrogens with one attached hydrogen (secondary N) is 1. The SMILES string of the molecule is O=C1CCCc2[nH]c(=O)c(C(=O)N(Cc3cccs3)C3CC3)cc21. The number of ketones is 1. The zero-order valence-electron chi connectivity index (χ0n) is 13.2. The Labute approximate surface area is 143 Å². The van der Waals surface area contributed by atoms with Crippen molar-refractivity contribution < 1.29 is 9.59 Å². The van der Waals surface area contributed by atoms with Crippen molar-refractivity contribution in [1.82, 2.24) is 9.88 Å². The van der Waals surface area contributed by atoms with Gasteiger partial charge in [-0.2, -0.15) is 0 Å². The molecule has 0 unspecified atom stereocenters. The van der Waals surface area contributed by atoms with Gasteiger partial charge in [-0.3, -0.25) is 14.4 Å². The second-order valence-electron chi connectivity index (χ2n) is 6.42. The smallest absolute Gasteiger partial charge is 0.261 e. The van der Waals surface area contributed by atoms with Crippen LogP contribution in [-0.4, -0.2) is 27.6 Å². The van der Waals surface area contributed by atoms with Crippen molar-refractivity contribution >= 4 is 23.0 Å². The van der Waals surface area contributed by atoms with Crippen LogP contribution in [0.2, 0.25) is 0 Å². The van der Waals surface area contributed by atoms with Crippen LogP contribution in [0.3, 0.4) is 0 Å². The summed E-state index contributed by atoms with van der Waals surface area (Å²) in [6.07, 6.45) is 3.86. The minimum atomic E-state index is -0.384. The van der Waals surface area contributed by atoms with Crippen LogP contribution in [0.1, 0.15) is 57.0 Å². The molecular formula is C18H18N2O3S. The van der Waals surface area contributed by atoms with E-state index in [1.807, 2.05) is 17.5 Å².